The van der Waals surface area contributed by atoms with Crippen LogP contribution in [0.2, 0.25) is 0 Å². The van der Waals surface area contributed by atoms with Gasteiger partial charge in [-0.25, -0.2) is 0 Å². The van der Waals surface area contributed by atoms with Crippen LogP contribution in [-0.2, 0) is 32.7 Å². The van der Waals surface area contributed by atoms with Crippen LogP contribution in [0.5, 0.6) is 0 Å². The third-order valence-electron chi connectivity index (χ3n) is 10.5. The molecular weight excluding hydrogens is 750 g/mol. The molecule has 0 N–H and O–H groups in total. The topological polar surface area (TPSA) is 111 Å². The van der Waals surface area contributed by atoms with Gasteiger partial charge in [-0.15, -0.1) is 0 Å². The Kier molecular flexibility index (Phi) is 39.8. The first kappa shape index (κ1) is 56.5. The van der Waals surface area contributed by atoms with Gasteiger partial charge in [0.15, 0.2) is 6.10 Å². The number of carbonyl (C=O) groups excluding carboxylic acids is 2. The van der Waals surface area contributed by atoms with Crippen LogP contribution >= 0.6 is 7.82 Å². The van der Waals surface area contributed by atoms with Crippen molar-refractivity contribution < 1.29 is 42.1 Å². The van der Waals surface area contributed by atoms with Crippen LogP contribution in [0.4, 0.5) is 0 Å². The summed E-state index contributed by atoms with van der Waals surface area (Å²) in [6.07, 6.45) is 45.0. The maximum Gasteiger partial charge on any atom is 0.306 e. The fourth-order valence-corrected chi connectivity index (χ4v) is 7.40. The van der Waals surface area contributed by atoms with E-state index in [9.17, 15) is 19.0 Å². The number of hydrogen-bond acceptors (Lipinski definition) is 8. The van der Waals surface area contributed by atoms with Crippen molar-refractivity contribution in [3.63, 3.8) is 0 Å². The fourth-order valence-electron chi connectivity index (χ4n) is 6.67. The minimum Gasteiger partial charge on any atom is -0.756 e. The summed E-state index contributed by atoms with van der Waals surface area (Å²) in [6.45, 7) is 4.20. The first-order valence-electron chi connectivity index (χ1n) is 24.0. The van der Waals surface area contributed by atoms with Gasteiger partial charge in [0, 0.05) is 12.8 Å². The zero-order valence-electron chi connectivity index (χ0n) is 38.5. The van der Waals surface area contributed by atoms with E-state index >= 15 is 0 Å². The van der Waals surface area contributed by atoms with Crippen molar-refractivity contribution in [2.45, 2.75) is 225 Å². The Morgan fingerprint density at radius 3 is 1.34 bits per heavy atom. The van der Waals surface area contributed by atoms with Gasteiger partial charge >= 0.3 is 11.9 Å². The number of phosphoric acid groups is 1. The molecule has 0 aromatic rings. The highest BCUT2D eigenvalue weighted by Gasteiger charge is 2.21. The van der Waals surface area contributed by atoms with Gasteiger partial charge in [0.1, 0.15) is 19.8 Å². The number of likely N-dealkylation sites (N-methyl/N-ethyl adjacent to an activating group) is 1. The third kappa shape index (κ3) is 44.1. The van der Waals surface area contributed by atoms with Crippen molar-refractivity contribution in [3.05, 3.63) is 24.3 Å². The molecule has 0 aromatic heterocycles. The van der Waals surface area contributed by atoms with Crippen molar-refractivity contribution in [3.8, 4) is 0 Å². The Hall–Kier alpha value is -1.51. The molecule has 9 nitrogen and oxygen atoms in total. The average Bonchev–Trinajstić information content (AvgIpc) is 3.17. The molecular formula is C48H92NO8P. The Morgan fingerprint density at radius 2 is 0.914 bits per heavy atom. The molecule has 0 aromatic carbocycles. The van der Waals surface area contributed by atoms with E-state index in [0.29, 0.717) is 23.9 Å². The van der Waals surface area contributed by atoms with E-state index in [2.05, 4.69) is 32.1 Å². The number of quaternary nitrogens is 1. The lowest BCUT2D eigenvalue weighted by atomic mass is 10.1. The molecule has 0 saturated heterocycles. The largest absolute Gasteiger partial charge is 0.756 e. The van der Waals surface area contributed by atoms with E-state index in [-0.39, 0.29) is 26.1 Å². The molecule has 0 aliphatic heterocycles. The Morgan fingerprint density at radius 1 is 0.517 bits per heavy atom. The maximum atomic E-state index is 12.7. The minimum atomic E-state index is -4.63. The second-order valence-electron chi connectivity index (χ2n) is 17.5. The van der Waals surface area contributed by atoms with E-state index in [1.54, 1.807) is 0 Å². The number of rotatable bonds is 44. The Labute approximate surface area is 358 Å². The third-order valence-corrected chi connectivity index (χ3v) is 11.4. The molecule has 0 amide bonds. The molecule has 0 radical (unpaired) electrons. The summed E-state index contributed by atoms with van der Waals surface area (Å²) in [4.78, 5) is 37.6. The van der Waals surface area contributed by atoms with Crippen molar-refractivity contribution in [1.29, 1.82) is 0 Å². The number of esters is 2. The molecule has 0 saturated carbocycles. The van der Waals surface area contributed by atoms with Crippen molar-refractivity contribution >= 4 is 19.8 Å². The molecule has 2 atom stereocenters. The number of nitrogens with zero attached hydrogens (tertiary/aromatic N) is 1. The summed E-state index contributed by atoms with van der Waals surface area (Å²) in [6, 6.07) is 0. The van der Waals surface area contributed by atoms with Gasteiger partial charge in [-0.3, -0.25) is 14.2 Å². The van der Waals surface area contributed by atoms with Gasteiger partial charge in [0.2, 0.25) is 0 Å². The predicted octanol–water partition coefficient (Wildman–Crippen LogP) is 13.3. The van der Waals surface area contributed by atoms with Gasteiger partial charge in [-0.05, 0) is 51.4 Å². The van der Waals surface area contributed by atoms with Crippen LogP contribution in [0.25, 0.3) is 0 Å². The standard InChI is InChI=1S/C48H92NO8P/c1-6-8-10-12-14-16-18-20-22-23-24-25-27-29-31-33-35-37-39-41-48(51)57-46(45-56-58(52,53)55-43-42-49(3,4)5)44-54-47(50)40-38-36-34-32-30-28-26-21-19-17-15-13-11-9-7-2/h20,22,34,36,46H,6-19,21,23-33,35,37-45H2,1-5H3/b22-20+,36-34+/t46-/m1/s1. The highest BCUT2D eigenvalue weighted by atomic mass is 31.2. The van der Waals surface area contributed by atoms with E-state index in [1.807, 2.05) is 27.2 Å². The molecule has 0 rings (SSSR count). The van der Waals surface area contributed by atoms with Gasteiger partial charge in [0.25, 0.3) is 7.82 Å². The molecule has 0 heterocycles. The molecule has 0 bridgehead atoms. The average molecular weight is 842 g/mol. The summed E-state index contributed by atoms with van der Waals surface area (Å²) in [7, 11) is 1.16. The van der Waals surface area contributed by atoms with Crippen molar-refractivity contribution in [1.82, 2.24) is 0 Å². The minimum absolute atomic E-state index is 0.0342. The van der Waals surface area contributed by atoms with Gasteiger partial charge in [-0.1, -0.05) is 179 Å². The molecule has 0 aliphatic rings. The number of hydrogen-bond donors (Lipinski definition) is 0. The number of unbranched alkanes of at least 4 members (excludes halogenated alkanes) is 26. The predicted molar refractivity (Wildman–Crippen MR) is 241 cm³/mol. The quantitative estimate of drug-likeness (QED) is 0.0196. The zero-order chi connectivity index (χ0) is 42.8. The molecule has 0 fully saturated rings. The Bertz CT molecular complexity index is 1040. The number of ether oxygens (including phenoxy) is 2. The highest BCUT2D eigenvalue weighted by Crippen LogP contribution is 2.38. The molecule has 0 spiro atoms. The van der Waals surface area contributed by atoms with Crippen molar-refractivity contribution in [2.75, 3.05) is 47.5 Å². The lowest BCUT2D eigenvalue weighted by Crippen LogP contribution is -2.37. The molecule has 10 heteroatoms. The fraction of sp³-hybridized carbons (Fsp3) is 0.875. The molecule has 342 valence electrons. The maximum absolute atomic E-state index is 12.7. The van der Waals surface area contributed by atoms with Crippen LogP contribution in [0.15, 0.2) is 24.3 Å². The van der Waals surface area contributed by atoms with Crippen LogP contribution in [0, 0.1) is 0 Å². The van der Waals surface area contributed by atoms with E-state index in [0.717, 1.165) is 32.1 Å². The van der Waals surface area contributed by atoms with Crippen LogP contribution in [-0.4, -0.2) is 70.0 Å². The lowest BCUT2D eigenvalue weighted by Gasteiger charge is -2.28. The van der Waals surface area contributed by atoms with Crippen LogP contribution in [0.3, 0.4) is 0 Å². The normalized spacial score (nSPS) is 13.7. The molecule has 0 aliphatic carbocycles. The highest BCUT2D eigenvalue weighted by molar-refractivity contribution is 7.45. The number of allylic oxidation sites excluding steroid dienone is 4. The molecule has 58 heavy (non-hydrogen) atoms. The Balaban J connectivity index is 4.31. The van der Waals surface area contributed by atoms with Crippen LogP contribution in [0.1, 0.15) is 219 Å². The first-order chi connectivity index (χ1) is 28.0. The SMILES string of the molecule is CCCCCCCC/C=C/CCCCCCCCCCCC(=O)O[C@H](COC(=O)CC/C=C/CCCCCCCCCCCCC)COP(=O)([O-])OCC[N+](C)(C)C. The summed E-state index contributed by atoms with van der Waals surface area (Å²) < 4.78 is 33.9. The summed E-state index contributed by atoms with van der Waals surface area (Å²) in [5, 5.41) is 0. The monoisotopic (exact) mass is 842 g/mol. The molecule has 1 unspecified atom stereocenters. The summed E-state index contributed by atoms with van der Waals surface area (Å²) >= 11 is 0. The van der Waals surface area contributed by atoms with Crippen molar-refractivity contribution in [2.24, 2.45) is 0 Å². The first-order valence-corrected chi connectivity index (χ1v) is 25.5. The number of phosphoric ester groups is 1. The van der Waals surface area contributed by atoms with Gasteiger partial charge < -0.3 is 27.9 Å². The second kappa shape index (κ2) is 40.9. The van der Waals surface area contributed by atoms with Crippen LogP contribution < -0.4 is 4.89 Å². The second-order valence-corrected chi connectivity index (χ2v) is 18.9. The zero-order valence-corrected chi connectivity index (χ0v) is 39.4. The van der Waals surface area contributed by atoms with E-state index < -0.39 is 32.5 Å². The van der Waals surface area contributed by atoms with Gasteiger partial charge in [0.05, 0.1) is 27.7 Å². The summed E-state index contributed by atoms with van der Waals surface area (Å²) in [5.74, 6) is -0.886. The smallest absolute Gasteiger partial charge is 0.306 e. The lowest BCUT2D eigenvalue weighted by molar-refractivity contribution is -0.870. The van der Waals surface area contributed by atoms with E-state index in [1.165, 1.54) is 148 Å². The van der Waals surface area contributed by atoms with Gasteiger partial charge in [-0.2, -0.15) is 0 Å². The summed E-state index contributed by atoms with van der Waals surface area (Å²) in [5.41, 5.74) is 0. The number of carbonyl (C=O) groups is 2. The van der Waals surface area contributed by atoms with E-state index in [4.69, 9.17) is 18.5 Å².